The number of nitrogens with two attached hydrogens (primary N) is 1. The van der Waals surface area contributed by atoms with Crippen molar-refractivity contribution in [3.05, 3.63) is 35.4 Å². The fourth-order valence-electron chi connectivity index (χ4n) is 1.49. The lowest BCUT2D eigenvalue weighted by atomic mass is 10.0. The van der Waals surface area contributed by atoms with Gasteiger partial charge in [0.1, 0.15) is 0 Å². The second kappa shape index (κ2) is 6.28. The Bertz CT molecular complexity index is 327. The van der Waals surface area contributed by atoms with E-state index in [2.05, 4.69) is 19.1 Å². The van der Waals surface area contributed by atoms with E-state index in [-0.39, 0.29) is 17.4 Å². The van der Waals surface area contributed by atoms with Crippen LogP contribution in [0.4, 0.5) is 0 Å². The van der Waals surface area contributed by atoms with Crippen LogP contribution >= 0.6 is 11.8 Å². The molecular weight excluding hydrogens is 218 g/mol. The molecule has 0 radical (unpaired) electrons. The third kappa shape index (κ3) is 3.81. The summed E-state index contributed by atoms with van der Waals surface area (Å²) in [5.74, 6) is 0.844. The van der Waals surface area contributed by atoms with Gasteiger partial charge in [-0.25, -0.2) is 0 Å². The van der Waals surface area contributed by atoms with E-state index in [1.165, 1.54) is 11.1 Å². The molecule has 0 aliphatic carbocycles. The van der Waals surface area contributed by atoms with Crippen LogP contribution in [0.2, 0.25) is 0 Å². The number of hydrogen-bond acceptors (Lipinski definition) is 3. The van der Waals surface area contributed by atoms with Crippen LogP contribution in [0.3, 0.4) is 0 Å². The number of aryl methyl sites for hydroxylation is 1. The molecule has 2 nitrogen and oxygen atoms in total. The molecule has 0 amide bonds. The molecule has 0 saturated carbocycles. The summed E-state index contributed by atoms with van der Waals surface area (Å²) in [4.78, 5) is 0. The van der Waals surface area contributed by atoms with E-state index in [9.17, 15) is 5.11 Å². The summed E-state index contributed by atoms with van der Waals surface area (Å²) in [5, 5.41) is 9.63. The van der Waals surface area contributed by atoms with Crippen molar-refractivity contribution in [3.63, 3.8) is 0 Å². The van der Waals surface area contributed by atoms with E-state index in [0.717, 1.165) is 5.75 Å². The fourth-order valence-corrected chi connectivity index (χ4v) is 2.46. The Morgan fingerprint density at radius 2 is 1.94 bits per heavy atom. The van der Waals surface area contributed by atoms with Gasteiger partial charge in [-0.1, -0.05) is 31.2 Å². The van der Waals surface area contributed by atoms with Gasteiger partial charge in [-0.05, 0) is 25.0 Å². The lowest BCUT2D eigenvalue weighted by Gasteiger charge is -2.18. The highest BCUT2D eigenvalue weighted by molar-refractivity contribution is 7.99. The number of thioether (sulfide) groups is 1. The van der Waals surface area contributed by atoms with Gasteiger partial charge in [0.2, 0.25) is 0 Å². The molecule has 1 aromatic rings. The number of aliphatic hydroxyl groups is 1. The van der Waals surface area contributed by atoms with Crippen molar-refractivity contribution in [1.82, 2.24) is 0 Å². The Balaban J connectivity index is 2.53. The Hall–Kier alpha value is -0.510. The zero-order chi connectivity index (χ0) is 12.1. The molecule has 16 heavy (non-hydrogen) atoms. The third-order valence-corrected chi connectivity index (χ3v) is 4.28. The Kier molecular flexibility index (Phi) is 5.32. The zero-order valence-corrected chi connectivity index (χ0v) is 11.0. The fraction of sp³-hybridized carbons (Fsp3) is 0.538. The molecule has 0 aliphatic rings. The Labute approximate surface area is 102 Å². The van der Waals surface area contributed by atoms with Gasteiger partial charge in [-0.15, -0.1) is 0 Å². The summed E-state index contributed by atoms with van der Waals surface area (Å²) < 4.78 is 0. The maximum absolute atomic E-state index is 9.40. The predicted molar refractivity (Wildman–Crippen MR) is 71.7 cm³/mol. The van der Waals surface area contributed by atoms with E-state index in [0.29, 0.717) is 0 Å². The Morgan fingerprint density at radius 3 is 2.50 bits per heavy atom. The van der Waals surface area contributed by atoms with Crippen molar-refractivity contribution in [1.29, 1.82) is 0 Å². The summed E-state index contributed by atoms with van der Waals surface area (Å²) >= 11 is 1.72. The molecule has 0 fully saturated rings. The van der Waals surface area contributed by atoms with Gasteiger partial charge >= 0.3 is 0 Å². The smallest absolute Gasteiger partial charge is 0.0628 e. The maximum Gasteiger partial charge on any atom is 0.0628 e. The minimum Gasteiger partial charge on any atom is -0.392 e. The molecule has 0 aliphatic heterocycles. The summed E-state index contributed by atoms with van der Waals surface area (Å²) in [6, 6.07) is 8.25. The highest BCUT2D eigenvalue weighted by Gasteiger charge is 2.13. The molecule has 3 N–H and O–H groups in total. The minimum absolute atomic E-state index is 0.0485. The maximum atomic E-state index is 9.40. The van der Waals surface area contributed by atoms with Gasteiger partial charge in [-0.3, -0.25) is 0 Å². The van der Waals surface area contributed by atoms with Gasteiger partial charge in [0.05, 0.1) is 6.10 Å². The number of hydrogen-bond donors (Lipinski definition) is 2. The number of benzene rings is 1. The minimum atomic E-state index is -0.283. The van der Waals surface area contributed by atoms with Crippen molar-refractivity contribution in [3.8, 4) is 0 Å². The molecule has 0 aromatic heterocycles. The second-order valence-electron chi connectivity index (χ2n) is 4.24. The lowest BCUT2D eigenvalue weighted by Crippen LogP contribution is -2.20. The zero-order valence-electron chi connectivity index (χ0n) is 10.2. The Morgan fingerprint density at radius 1 is 1.31 bits per heavy atom. The van der Waals surface area contributed by atoms with Crippen LogP contribution in [-0.4, -0.2) is 22.2 Å². The molecule has 0 spiro atoms. The van der Waals surface area contributed by atoms with E-state index in [1.807, 2.05) is 26.0 Å². The monoisotopic (exact) mass is 239 g/mol. The summed E-state index contributed by atoms with van der Waals surface area (Å²) in [7, 11) is 0. The van der Waals surface area contributed by atoms with Crippen molar-refractivity contribution in [2.24, 2.45) is 5.73 Å². The van der Waals surface area contributed by atoms with Crippen molar-refractivity contribution < 1.29 is 5.11 Å². The van der Waals surface area contributed by atoms with E-state index in [1.54, 1.807) is 11.8 Å². The molecule has 1 aromatic carbocycles. The van der Waals surface area contributed by atoms with Gasteiger partial charge < -0.3 is 10.8 Å². The quantitative estimate of drug-likeness (QED) is 0.830. The van der Waals surface area contributed by atoms with Crippen molar-refractivity contribution in [2.45, 2.75) is 38.2 Å². The normalized spacial score (nSPS) is 16.8. The second-order valence-corrected chi connectivity index (χ2v) is 5.65. The highest BCUT2D eigenvalue weighted by Crippen LogP contribution is 2.23. The van der Waals surface area contributed by atoms with E-state index >= 15 is 0 Å². The first-order chi connectivity index (χ1) is 7.52. The van der Waals surface area contributed by atoms with Crippen LogP contribution < -0.4 is 5.73 Å². The van der Waals surface area contributed by atoms with Crippen molar-refractivity contribution >= 4 is 11.8 Å². The molecule has 3 atom stereocenters. The molecule has 1 rings (SSSR count). The first kappa shape index (κ1) is 13.6. The number of aliphatic hydroxyl groups excluding tert-OH is 1. The van der Waals surface area contributed by atoms with Crippen LogP contribution in [-0.2, 0) is 0 Å². The third-order valence-electron chi connectivity index (χ3n) is 2.81. The summed E-state index contributed by atoms with van der Waals surface area (Å²) in [6.45, 7) is 5.93. The average molecular weight is 239 g/mol. The van der Waals surface area contributed by atoms with Crippen LogP contribution in [0, 0.1) is 6.92 Å². The topological polar surface area (TPSA) is 46.2 Å². The van der Waals surface area contributed by atoms with Gasteiger partial charge in [0, 0.05) is 17.0 Å². The van der Waals surface area contributed by atoms with Crippen LogP contribution in [0.1, 0.15) is 31.0 Å². The SMILES string of the molecule is Cc1ccccc1C(N)CSC(C)C(C)O. The standard InChI is InChI=1S/C13H21NOS/c1-9-6-4-5-7-12(9)13(14)8-16-11(3)10(2)15/h4-7,10-11,13,15H,8,14H2,1-3H3. The molecular formula is C13H21NOS. The average Bonchev–Trinajstić information content (AvgIpc) is 2.25. The molecule has 0 saturated heterocycles. The first-order valence-electron chi connectivity index (χ1n) is 5.63. The number of rotatable bonds is 5. The first-order valence-corrected chi connectivity index (χ1v) is 6.68. The summed E-state index contributed by atoms with van der Waals surface area (Å²) in [6.07, 6.45) is -0.283. The van der Waals surface area contributed by atoms with Crippen LogP contribution in [0.5, 0.6) is 0 Å². The van der Waals surface area contributed by atoms with E-state index < -0.39 is 0 Å². The molecule has 3 unspecified atom stereocenters. The predicted octanol–water partition coefficient (Wildman–Crippen LogP) is 2.50. The molecule has 3 heteroatoms. The van der Waals surface area contributed by atoms with E-state index in [4.69, 9.17) is 5.73 Å². The largest absolute Gasteiger partial charge is 0.392 e. The lowest BCUT2D eigenvalue weighted by molar-refractivity contribution is 0.196. The molecule has 0 bridgehead atoms. The van der Waals surface area contributed by atoms with Gasteiger partial charge in [0.25, 0.3) is 0 Å². The van der Waals surface area contributed by atoms with Crippen molar-refractivity contribution in [2.75, 3.05) is 5.75 Å². The summed E-state index contributed by atoms with van der Waals surface area (Å²) in [5.41, 5.74) is 8.58. The van der Waals surface area contributed by atoms with Crippen LogP contribution in [0.15, 0.2) is 24.3 Å². The van der Waals surface area contributed by atoms with Gasteiger partial charge in [0.15, 0.2) is 0 Å². The molecule has 0 heterocycles. The highest BCUT2D eigenvalue weighted by atomic mass is 32.2. The molecule has 90 valence electrons. The van der Waals surface area contributed by atoms with Gasteiger partial charge in [-0.2, -0.15) is 11.8 Å². The van der Waals surface area contributed by atoms with Crippen LogP contribution in [0.25, 0.3) is 0 Å².